The van der Waals surface area contributed by atoms with Crippen LogP contribution in [-0.2, 0) is 0 Å². The Bertz CT molecular complexity index is 187. The average molecular weight is 181 g/mol. The normalized spacial score (nSPS) is 45.0. The molecule has 0 heterocycles. The van der Waals surface area contributed by atoms with E-state index in [2.05, 4.69) is 20.8 Å². The van der Waals surface area contributed by atoms with E-state index in [0.717, 1.165) is 30.2 Å². The van der Waals surface area contributed by atoms with Crippen LogP contribution in [0.1, 0.15) is 40.0 Å². The summed E-state index contributed by atoms with van der Waals surface area (Å²) in [5.74, 6) is 3.72. The molecule has 2 saturated carbocycles. The standard InChI is InChI=1S/C12H23N/c1-8(2)9(3)12(7-13)5-10-4-11(10)6-12/h8-11H,4-7,13H2,1-3H3. The van der Waals surface area contributed by atoms with E-state index in [1.165, 1.54) is 19.3 Å². The Morgan fingerprint density at radius 2 is 1.77 bits per heavy atom. The highest BCUT2D eigenvalue weighted by Gasteiger charge is 2.55. The topological polar surface area (TPSA) is 26.0 Å². The van der Waals surface area contributed by atoms with Crippen LogP contribution in [0.5, 0.6) is 0 Å². The summed E-state index contributed by atoms with van der Waals surface area (Å²) in [6, 6.07) is 0. The molecular formula is C12H23N. The zero-order valence-corrected chi connectivity index (χ0v) is 9.22. The van der Waals surface area contributed by atoms with E-state index in [1.807, 2.05) is 0 Å². The van der Waals surface area contributed by atoms with Crippen molar-refractivity contribution in [2.24, 2.45) is 34.8 Å². The molecule has 0 spiro atoms. The first kappa shape index (κ1) is 9.51. The van der Waals surface area contributed by atoms with Crippen LogP contribution in [0.25, 0.3) is 0 Å². The van der Waals surface area contributed by atoms with Gasteiger partial charge in [-0.3, -0.25) is 0 Å². The molecular weight excluding hydrogens is 158 g/mol. The van der Waals surface area contributed by atoms with Gasteiger partial charge in [0, 0.05) is 0 Å². The maximum absolute atomic E-state index is 5.99. The van der Waals surface area contributed by atoms with E-state index < -0.39 is 0 Å². The van der Waals surface area contributed by atoms with Gasteiger partial charge in [-0.1, -0.05) is 20.8 Å². The largest absolute Gasteiger partial charge is 0.330 e. The fraction of sp³-hybridized carbons (Fsp3) is 1.00. The first-order valence-electron chi connectivity index (χ1n) is 5.79. The fourth-order valence-corrected chi connectivity index (χ4v) is 3.37. The Balaban J connectivity index is 2.07. The predicted octanol–water partition coefficient (Wildman–Crippen LogP) is 2.65. The van der Waals surface area contributed by atoms with Crippen molar-refractivity contribution in [2.45, 2.75) is 40.0 Å². The zero-order valence-electron chi connectivity index (χ0n) is 9.22. The van der Waals surface area contributed by atoms with Crippen LogP contribution in [0, 0.1) is 29.1 Å². The van der Waals surface area contributed by atoms with Crippen LogP contribution < -0.4 is 5.73 Å². The Hall–Kier alpha value is -0.0400. The molecule has 2 fully saturated rings. The van der Waals surface area contributed by atoms with Crippen molar-refractivity contribution in [3.05, 3.63) is 0 Å². The minimum Gasteiger partial charge on any atom is -0.330 e. The molecule has 0 aromatic rings. The summed E-state index contributed by atoms with van der Waals surface area (Å²) in [4.78, 5) is 0. The van der Waals surface area contributed by atoms with Crippen LogP contribution in [0.2, 0.25) is 0 Å². The summed E-state index contributed by atoms with van der Waals surface area (Å²) < 4.78 is 0. The maximum Gasteiger partial charge on any atom is -0.00177 e. The van der Waals surface area contributed by atoms with Crippen LogP contribution in [0.3, 0.4) is 0 Å². The van der Waals surface area contributed by atoms with Gasteiger partial charge < -0.3 is 5.73 Å². The highest BCUT2D eigenvalue weighted by Crippen LogP contribution is 2.62. The van der Waals surface area contributed by atoms with Gasteiger partial charge in [0.25, 0.3) is 0 Å². The molecule has 0 saturated heterocycles. The Kier molecular flexibility index (Phi) is 2.18. The molecule has 2 aliphatic carbocycles. The molecule has 0 radical (unpaired) electrons. The highest BCUT2D eigenvalue weighted by molar-refractivity contribution is 5.05. The lowest BCUT2D eigenvalue weighted by Crippen LogP contribution is -2.37. The summed E-state index contributed by atoms with van der Waals surface area (Å²) in [5.41, 5.74) is 6.51. The molecule has 0 amide bonds. The molecule has 2 N–H and O–H groups in total. The van der Waals surface area contributed by atoms with Gasteiger partial charge in [0.15, 0.2) is 0 Å². The predicted molar refractivity (Wildman–Crippen MR) is 56.3 cm³/mol. The summed E-state index contributed by atoms with van der Waals surface area (Å²) >= 11 is 0. The van der Waals surface area contributed by atoms with Gasteiger partial charge in [0.2, 0.25) is 0 Å². The van der Waals surface area contributed by atoms with Gasteiger partial charge in [-0.15, -0.1) is 0 Å². The van der Waals surface area contributed by atoms with Crippen molar-refractivity contribution < 1.29 is 0 Å². The number of hydrogen-bond acceptors (Lipinski definition) is 1. The van der Waals surface area contributed by atoms with E-state index in [9.17, 15) is 0 Å². The minimum atomic E-state index is 0.516. The Morgan fingerprint density at radius 3 is 2.15 bits per heavy atom. The summed E-state index contributed by atoms with van der Waals surface area (Å²) in [7, 11) is 0. The van der Waals surface area contributed by atoms with Gasteiger partial charge >= 0.3 is 0 Å². The van der Waals surface area contributed by atoms with Gasteiger partial charge in [0.1, 0.15) is 0 Å². The molecule has 0 aromatic carbocycles. The smallest absolute Gasteiger partial charge is 0.00177 e. The molecule has 2 rings (SSSR count). The number of fused-ring (bicyclic) bond motifs is 1. The summed E-state index contributed by atoms with van der Waals surface area (Å²) in [6.07, 6.45) is 4.35. The first-order valence-corrected chi connectivity index (χ1v) is 5.79. The quantitative estimate of drug-likeness (QED) is 0.711. The first-order chi connectivity index (χ1) is 6.09. The molecule has 0 aliphatic heterocycles. The average Bonchev–Trinajstić information content (AvgIpc) is 2.72. The Labute approximate surface area is 82.1 Å². The second kappa shape index (κ2) is 2.98. The van der Waals surface area contributed by atoms with Gasteiger partial charge in [0.05, 0.1) is 0 Å². The molecule has 3 unspecified atom stereocenters. The monoisotopic (exact) mass is 181 g/mol. The zero-order chi connectivity index (χ0) is 9.64. The Morgan fingerprint density at radius 1 is 1.23 bits per heavy atom. The fourth-order valence-electron chi connectivity index (χ4n) is 3.37. The van der Waals surface area contributed by atoms with Crippen LogP contribution in [0.15, 0.2) is 0 Å². The van der Waals surface area contributed by atoms with E-state index in [0.29, 0.717) is 5.41 Å². The molecule has 0 bridgehead atoms. The third-order valence-electron chi connectivity index (χ3n) is 4.78. The molecule has 1 heteroatoms. The van der Waals surface area contributed by atoms with Crippen LogP contribution in [-0.4, -0.2) is 6.54 Å². The number of nitrogens with two attached hydrogens (primary N) is 1. The molecule has 13 heavy (non-hydrogen) atoms. The SMILES string of the molecule is CC(C)C(C)C1(CN)CC2CC2C1. The lowest BCUT2D eigenvalue weighted by molar-refractivity contribution is 0.127. The molecule has 1 nitrogen and oxygen atoms in total. The molecule has 0 aromatic heterocycles. The van der Waals surface area contributed by atoms with E-state index >= 15 is 0 Å². The highest BCUT2D eigenvalue weighted by atomic mass is 14.7. The van der Waals surface area contributed by atoms with E-state index in [1.54, 1.807) is 0 Å². The lowest BCUT2D eigenvalue weighted by Gasteiger charge is -2.38. The van der Waals surface area contributed by atoms with Crippen molar-refractivity contribution in [3.63, 3.8) is 0 Å². The van der Waals surface area contributed by atoms with Crippen LogP contribution in [0.4, 0.5) is 0 Å². The van der Waals surface area contributed by atoms with Crippen molar-refractivity contribution >= 4 is 0 Å². The van der Waals surface area contributed by atoms with Crippen molar-refractivity contribution in [2.75, 3.05) is 6.54 Å². The van der Waals surface area contributed by atoms with E-state index in [-0.39, 0.29) is 0 Å². The minimum absolute atomic E-state index is 0.516. The van der Waals surface area contributed by atoms with Crippen molar-refractivity contribution in [1.29, 1.82) is 0 Å². The van der Waals surface area contributed by atoms with Gasteiger partial charge in [-0.2, -0.15) is 0 Å². The number of rotatable bonds is 3. The molecule has 2 aliphatic rings. The molecule has 3 atom stereocenters. The van der Waals surface area contributed by atoms with Crippen molar-refractivity contribution in [3.8, 4) is 0 Å². The third-order valence-corrected chi connectivity index (χ3v) is 4.78. The van der Waals surface area contributed by atoms with E-state index in [4.69, 9.17) is 5.73 Å². The second-order valence-corrected chi connectivity index (χ2v) is 5.76. The number of hydrogen-bond donors (Lipinski definition) is 1. The molecule has 76 valence electrons. The second-order valence-electron chi connectivity index (χ2n) is 5.76. The lowest BCUT2D eigenvalue weighted by atomic mass is 9.68. The van der Waals surface area contributed by atoms with Gasteiger partial charge in [-0.05, 0) is 54.9 Å². The third kappa shape index (κ3) is 1.41. The maximum atomic E-state index is 5.99. The van der Waals surface area contributed by atoms with Crippen molar-refractivity contribution in [1.82, 2.24) is 0 Å². The summed E-state index contributed by atoms with van der Waals surface area (Å²) in [6.45, 7) is 8.00. The summed E-state index contributed by atoms with van der Waals surface area (Å²) in [5, 5.41) is 0. The van der Waals surface area contributed by atoms with Crippen LogP contribution >= 0.6 is 0 Å². The van der Waals surface area contributed by atoms with Gasteiger partial charge in [-0.25, -0.2) is 0 Å².